The van der Waals surface area contributed by atoms with Gasteiger partial charge in [-0.05, 0) is 18.9 Å². The predicted molar refractivity (Wildman–Crippen MR) is 53.0 cm³/mol. The van der Waals surface area contributed by atoms with Gasteiger partial charge in [0.15, 0.2) is 0 Å². The predicted octanol–water partition coefficient (Wildman–Crippen LogP) is 0.581. The van der Waals surface area contributed by atoms with Crippen molar-refractivity contribution in [2.45, 2.75) is 12.8 Å². The molecule has 0 atom stereocenters. The Balaban J connectivity index is 2.35. The number of primary amides is 1. The average molecular weight is 190 g/mol. The minimum absolute atomic E-state index is 0.398. The van der Waals surface area contributed by atoms with Crippen LogP contribution in [0.25, 0.3) is 0 Å². The lowest BCUT2D eigenvalue weighted by Crippen LogP contribution is -2.24. The molecule has 0 saturated carbocycles. The molecule has 4 nitrogen and oxygen atoms in total. The number of rotatable bonds is 2. The summed E-state index contributed by atoms with van der Waals surface area (Å²) in [6, 6.07) is 4.45. The number of pyridine rings is 1. The van der Waals surface area contributed by atoms with E-state index in [4.69, 9.17) is 5.73 Å². The molecule has 2 heterocycles. The number of carbonyl (C=O) groups is 1. The fraction of sp³-hybridized carbons (Fsp3) is 0.400. The molecule has 1 saturated heterocycles. The van der Waals surface area contributed by atoms with E-state index >= 15 is 0 Å². The number of amides is 1. The molecule has 73 valence electrons. The zero-order chi connectivity index (χ0) is 9.97. The van der Waals surface area contributed by atoms with Gasteiger partial charge in [0.05, 0.1) is 5.56 Å². The molecule has 1 fully saturated rings. The minimum atomic E-state index is -0.458. The molecule has 0 spiro atoms. The second kappa shape index (κ2) is 3.65. The Hall–Kier alpha value is -1.58. The van der Waals surface area contributed by atoms with Gasteiger partial charge in [0.25, 0.3) is 5.91 Å². The Morgan fingerprint density at radius 1 is 1.50 bits per heavy atom. The maximum absolute atomic E-state index is 11.1. The van der Waals surface area contributed by atoms with Crippen LogP contribution >= 0.6 is 0 Å². The number of hydrogen-bond acceptors (Lipinski definition) is 3. The lowest BCUT2D eigenvalue weighted by Gasteiger charge is -2.17. The van der Waals surface area contributed by atoms with Crippen LogP contribution in [0, 0.1) is 6.07 Å². The van der Waals surface area contributed by atoms with Crippen LogP contribution in [0.1, 0.15) is 23.2 Å². The lowest BCUT2D eigenvalue weighted by atomic mass is 10.2. The van der Waals surface area contributed by atoms with E-state index in [-0.39, 0.29) is 0 Å². The van der Waals surface area contributed by atoms with Crippen LogP contribution in [0.2, 0.25) is 0 Å². The molecule has 1 amide bonds. The first-order chi connectivity index (χ1) is 6.79. The summed E-state index contributed by atoms with van der Waals surface area (Å²) in [4.78, 5) is 17.4. The smallest absolute Gasteiger partial charge is 0.253 e. The number of nitrogens with zero attached hydrogens (tertiary/aromatic N) is 2. The number of carbonyl (C=O) groups excluding carboxylic acids is 1. The van der Waals surface area contributed by atoms with Crippen LogP contribution in [-0.4, -0.2) is 24.0 Å². The highest BCUT2D eigenvalue weighted by molar-refractivity contribution is 5.97. The van der Waals surface area contributed by atoms with E-state index in [1.54, 1.807) is 12.3 Å². The van der Waals surface area contributed by atoms with Gasteiger partial charge in [-0.15, -0.1) is 0 Å². The van der Waals surface area contributed by atoms with Crippen molar-refractivity contribution in [1.82, 2.24) is 4.98 Å². The SMILES string of the molecule is NC(=O)c1[c]ccnc1N1CCCC1. The molecule has 1 aliphatic rings. The van der Waals surface area contributed by atoms with E-state index in [0.717, 1.165) is 25.9 Å². The standard InChI is InChI=1S/C10H12N3O/c11-9(14)8-4-3-5-12-10(8)13-6-1-2-7-13/h3,5H,1-2,6-7H2,(H2,11,14). The zero-order valence-corrected chi connectivity index (χ0v) is 7.86. The van der Waals surface area contributed by atoms with Crippen LogP contribution in [0.15, 0.2) is 12.3 Å². The summed E-state index contributed by atoms with van der Waals surface area (Å²) in [6.45, 7) is 1.90. The highest BCUT2D eigenvalue weighted by Crippen LogP contribution is 2.20. The molecule has 0 aliphatic carbocycles. The van der Waals surface area contributed by atoms with E-state index in [1.165, 1.54) is 0 Å². The Labute approximate surface area is 82.7 Å². The third-order valence-corrected chi connectivity index (χ3v) is 2.37. The van der Waals surface area contributed by atoms with Crippen LogP contribution in [0.4, 0.5) is 5.82 Å². The molecule has 0 aromatic carbocycles. The molecule has 1 radical (unpaired) electrons. The van der Waals surface area contributed by atoms with Gasteiger partial charge in [-0.25, -0.2) is 4.98 Å². The van der Waals surface area contributed by atoms with Crippen LogP contribution < -0.4 is 10.6 Å². The van der Waals surface area contributed by atoms with E-state index in [1.807, 2.05) is 0 Å². The summed E-state index contributed by atoms with van der Waals surface area (Å²) in [6.07, 6.45) is 3.93. The van der Waals surface area contributed by atoms with Gasteiger partial charge in [0.1, 0.15) is 5.82 Å². The summed E-state index contributed by atoms with van der Waals surface area (Å²) >= 11 is 0. The average Bonchev–Trinajstić information content (AvgIpc) is 2.70. The monoisotopic (exact) mass is 190 g/mol. The first kappa shape index (κ1) is 8.99. The normalized spacial score (nSPS) is 15.9. The number of aromatic nitrogens is 1. The van der Waals surface area contributed by atoms with Crippen molar-refractivity contribution in [2.75, 3.05) is 18.0 Å². The molecule has 0 unspecified atom stereocenters. The van der Waals surface area contributed by atoms with Crippen molar-refractivity contribution in [2.24, 2.45) is 5.73 Å². The molecule has 14 heavy (non-hydrogen) atoms. The third-order valence-electron chi connectivity index (χ3n) is 2.37. The molecule has 0 bridgehead atoms. The topological polar surface area (TPSA) is 59.2 Å². The molecule has 1 aliphatic heterocycles. The molecule has 2 rings (SSSR count). The van der Waals surface area contributed by atoms with E-state index in [9.17, 15) is 4.79 Å². The van der Waals surface area contributed by atoms with Gasteiger partial charge in [0.2, 0.25) is 0 Å². The van der Waals surface area contributed by atoms with Crippen molar-refractivity contribution in [3.63, 3.8) is 0 Å². The molecule has 1 aromatic rings. The second-order valence-corrected chi connectivity index (χ2v) is 3.35. The van der Waals surface area contributed by atoms with Crippen molar-refractivity contribution >= 4 is 11.7 Å². The van der Waals surface area contributed by atoms with Gasteiger partial charge >= 0.3 is 0 Å². The Morgan fingerprint density at radius 3 is 2.86 bits per heavy atom. The third kappa shape index (κ3) is 1.55. The van der Waals surface area contributed by atoms with Gasteiger partial charge in [0, 0.05) is 25.4 Å². The molecular formula is C10H12N3O. The molecule has 1 aromatic heterocycles. The summed E-state index contributed by atoms with van der Waals surface area (Å²) in [5, 5.41) is 0. The summed E-state index contributed by atoms with van der Waals surface area (Å²) in [5.74, 6) is 0.220. The van der Waals surface area contributed by atoms with Gasteiger partial charge in [-0.3, -0.25) is 4.79 Å². The molecule has 2 N–H and O–H groups in total. The molecular weight excluding hydrogens is 178 g/mol. The zero-order valence-electron chi connectivity index (χ0n) is 7.86. The van der Waals surface area contributed by atoms with Crippen molar-refractivity contribution in [3.05, 3.63) is 23.9 Å². The Morgan fingerprint density at radius 2 is 2.21 bits per heavy atom. The number of nitrogens with two attached hydrogens (primary N) is 1. The van der Waals surface area contributed by atoms with Crippen molar-refractivity contribution in [3.8, 4) is 0 Å². The first-order valence-corrected chi connectivity index (χ1v) is 4.70. The van der Waals surface area contributed by atoms with Crippen LogP contribution in [0.3, 0.4) is 0 Å². The number of hydrogen-bond donors (Lipinski definition) is 1. The van der Waals surface area contributed by atoms with Gasteiger partial charge in [-0.1, -0.05) is 0 Å². The Kier molecular flexibility index (Phi) is 2.35. The highest BCUT2D eigenvalue weighted by atomic mass is 16.1. The van der Waals surface area contributed by atoms with E-state index in [0.29, 0.717) is 11.4 Å². The maximum Gasteiger partial charge on any atom is 0.253 e. The first-order valence-electron chi connectivity index (χ1n) is 4.70. The van der Waals surface area contributed by atoms with E-state index < -0.39 is 5.91 Å². The summed E-state index contributed by atoms with van der Waals surface area (Å²) < 4.78 is 0. The van der Waals surface area contributed by atoms with Crippen molar-refractivity contribution < 1.29 is 4.79 Å². The Bertz CT molecular complexity index is 345. The fourth-order valence-electron chi connectivity index (χ4n) is 1.71. The highest BCUT2D eigenvalue weighted by Gasteiger charge is 2.18. The molecule has 4 heteroatoms. The quantitative estimate of drug-likeness (QED) is 0.742. The van der Waals surface area contributed by atoms with Gasteiger partial charge in [-0.2, -0.15) is 0 Å². The summed E-state index contributed by atoms with van der Waals surface area (Å²) in [7, 11) is 0. The fourth-order valence-corrected chi connectivity index (χ4v) is 1.71. The number of anilines is 1. The summed E-state index contributed by atoms with van der Waals surface area (Å²) in [5.41, 5.74) is 5.64. The van der Waals surface area contributed by atoms with E-state index in [2.05, 4.69) is 16.0 Å². The van der Waals surface area contributed by atoms with Gasteiger partial charge < -0.3 is 10.6 Å². The van der Waals surface area contributed by atoms with Crippen LogP contribution in [0.5, 0.6) is 0 Å². The minimum Gasteiger partial charge on any atom is -0.365 e. The largest absolute Gasteiger partial charge is 0.365 e. The van der Waals surface area contributed by atoms with Crippen LogP contribution in [-0.2, 0) is 0 Å². The second-order valence-electron chi connectivity index (χ2n) is 3.35. The van der Waals surface area contributed by atoms with Crippen molar-refractivity contribution in [1.29, 1.82) is 0 Å². The lowest BCUT2D eigenvalue weighted by molar-refractivity contribution is 0.1000. The maximum atomic E-state index is 11.1.